The van der Waals surface area contributed by atoms with Crippen LogP contribution in [0, 0.1) is 0 Å². The van der Waals surface area contributed by atoms with Gasteiger partial charge in [-0.3, -0.25) is 0 Å². The Balaban J connectivity index is 2.60. The normalized spacial score (nSPS) is 22.7. The van der Waals surface area contributed by atoms with Crippen LogP contribution in [0.15, 0.2) is 0 Å². The summed E-state index contributed by atoms with van der Waals surface area (Å²) >= 11 is 0. The highest BCUT2D eigenvalue weighted by molar-refractivity contribution is 7.92. The third-order valence-electron chi connectivity index (χ3n) is 2.31. The van der Waals surface area contributed by atoms with E-state index >= 15 is 0 Å². The second kappa shape index (κ2) is 4.77. The Kier molecular flexibility index (Phi) is 4.10. The molecular weight excluding hydrogens is 240 g/mol. The van der Waals surface area contributed by atoms with Crippen molar-refractivity contribution in [2.45, 2.75) is 0 Å². The molecule has 6 nitrogen and oxygen atoms in total. The average Bonchev–Trinajstić information content (AvgIpc) is 2.14. The van der Waals surface area contributed by atoms with E-state index in [0.717, 1.165) is 0 Å². The second-order valence-corrected chi connectivity index (χ2v) is 7.86. The SMILES string of the molecule is CNCCS(=O)(=O)N1CCS(=O)(=O)CC1. The van der Waals surface area contributed by atoms with Gasteiger partial charge in [-0.15, -0.1) is 0 Å². The van der Waals surface area contributed by atoms with E-state index in [4.69, 9.17) is 0 Å². The summed E-state index contributed by atoms with van der Waals surface area (Å²) in [6, 6.07) is 0. The molecule has 0 aromatic rings. The second-order valence-electron chi connectivity index (χ2n) is 3.47. The van der Waals surface area contributed by atoms with Gasteiger partial charge in [0, 0.05) is 19.6 Å². The predicted octanol–water partition coefficient (Wildman–Crippen LogP) is -1.73. The van der Waals surface area contributed by atoms with Crippen molar-refractivity contribution in [1.82, 2.24) is 9.62 Å². The fourth-order valence-corrected chi connectivity index (χ4v) is 4.23. The summed E-state index contributed by atoms with van der Waals surface area (Å²) < 4.78 is 46.8. The molecule has 1 N–H and O–H groups in total. The zero-order valence-electron chi connectivity index (χ0n) is 8.64. The first-order valence-electron chi connectivity index (χ1n) is 4.70. The standard InChI is InChI=1S/C7H16N2O4S2/c1-8-2-5-15(12,13)9-3-6-14(10,11)7-4-9/h8H,2-7H2,1H3. The van der Waals surface area contributed by atoms with E-state index in [1.54, 1.807) is 7.05 Å². The molecule has 0 atom stereocenters. The molecule has 15 heavy (non-hydrogen) atoms. The van der Waals surface area contributed by atoms with Gasteiger partial charge in [0.2, 0.25) is 10.0 Å². The van der Waals surface area contributed by atoms with Crippen molar-refractivity contribution >= 4 is 19.9 Å². The maximum Gasteiger partial charge on any atom is 0.215 e. The zero-order chi connectivity index (χ0) is 11.5. The van der Waals surface area contributed by atoms with Crippen molar-refractivity contribution in [2.24, 2.45) is 0 Å². The van der Waals surface area contributed by atoms with Crippen molar-refractivity contribution < 1.29 is 16.8 Å². The highest BCUT2D eigenvalue weighted by Gasteiger charge is 2.29. The Morgan fingerprint density at radius 1 is 1.27 bits per heavy atom. The number of sulfonamides is 1. The van der Waals surface area contributed by atoms with Crippen LogP contribution in [-0.4, -0.2) is 65.1 Å². The highest BCUT2D eigenvalue weighted by atomic mass is 32.2. The first kappa shape index (κ1) is 12.9. The molecule has 1 fully saturated rings. The highest BCUT2D eigenvalue weighted by Crippen LogP contribution is 2.08. The van der Waals surface area contributed by atoms with Gasteiger partial charge in [0.05, 0.1) is 17.3 Å². The van der Waals surface area contributed by atoms with E-state index in [1.807, 2.05) is 0 Å². The van der Waals surface area contributed by atoms with Crippen LogP contribution in [0.1, 0.15) is 0 Å². The van der Waals surface area contributed by atoms with Crippen molar-refractivity contribution in [3.05, 3.63) is 0 Å². The lowest BCUT2D eigenvalue weighted by Gasteiger charge is -2.25. The molecule has 0 saturated carbocycles. The van der Waals surface area contributed by atoms with Crippen LogP contribution in [0.3, 0.4) is 0 Å². The first-order valence-corrected chi connectivity index (χ1v) is 8.13. The zero-order valence-corrected chi connectivity index (χ0v) is 10.3. The molecule has 1 aliphatic rings. The van der Waals surface area contributed by atoms with Gasteiger partial charge < -0.3 is 5.32 Å². The summed E-state index contributed by atoms with van der Waals surface area (Å²) in [5, 5.41) is 2.76. The van der Waals surface area contributed by atoms with Crippen LogP contribution in [0.5, 0.6) is 0 Å². The van der Waals surface area contributed by atoms with E-state index in [1.165, 1.54) is 4.31 Å². The smallest absolute Gasteiger partial charge is 0.215 e. The van der Waals surface area contributed by atoms with E-state index < -0.39 is 19.9 Å². The molecule has 0 aromatic carbocycles. The molecule has 1 aliphatic heterocycles. The summed E-state index contributed by atoms with van der Waals surface area (Å²) in [5.74, 6) is -0.110. The molecule has 0 bridgehead atoms. The molecule has 1 saturated heterocycles. The summed E-state index contributed by atoms with van der Waals surface area (Å²) in [5.41, 5.74) is 0. The lowest BCUT2D eigenvalue weighted by atomic mass is 10.6. The van der Waals surface area contributed by atoms with Crippen LogP contribution in [0.25, 0.3) is 0 Å². The van der Waals surface area contributed by atoms with Crippen LogP contribution >= 0.6 is 0 Å². The van der Waals surface area contributed by atoms with Crippen molar-refractivity contribution in [3.63, 3.8) is 0 Å². The van der Waals surface area contributed by atoms with Crippen molar-refractivity contribution in [2.75, 3.05) is 43.9 Å². The van der Waals surface area contributed by atoms with Crippen molar-refractivity contribution in [3.8, 4) is 0 Å². The van der Waals surface area contributed by atoms with Crippen LogP contribution in [0.4, 0.5) is 0 Å². The van der Waals surface area contributed by atoms with E-state index in [2.05, 4.69) is 5.32 Å². The Morgan fingerprint density at radius 2 is 1.80 bits per heavy atom. The summed E-state index contributed by atoms with van der Waals surface area (Å²) in [6.07, 6.45) is 0. The Hall–Kier alpha value is -0.180. The van der Waals surface area contributed by atoms with Crippen LogP contribution in [0.2, 0.25) is 0 Å². The summed E-state index contributed by atoms with van der Waals surface area (Å²) in [6.45, 7) is 0.564. The molecule has 0 radical (unpaired) electrons. The molecule has 0 amide bonds. The largest absolute Gasteiger partial charge is 0.319 e. The molecular formula is C7H16N2O4S2. The quantitative estimate of drug-likeness (QED) is 0.646. The van der Waals surface area contributed by atoms with Gasteiger partial charge in [0.1, 0.15) is 0 Å². The molecule has 0 spiro atoms. The molecule has 8 heteroatoms. The topological polar surface area (TPSA) is 83.6 Å². The Morgan fingerprint density at radius 3 is 2.27 bits per heavy atom. The minimum absolute atomic E-state index is 0.0174. The number of sulfone groups is 1. The van der Waals surface area contributed by atoms with Crippen molar-refractivity contribution in [1.29, 1.82) is 0 Å². The Bertz CT molecular complexity index is 387. The summed E-state index contributed by atoms with van der Waals surface area (Å²) in [4.78, 5) is 0. The van der Waals surface area contributed by atoms with E-state index in [9.17, 15) is 16.8 Å². The predicted molar refractivity (Wildman–Crippen MR) is 57.9 cm³/mol. The molecule has 1 rings (SSSR count). The number of hydrogen-bond donors (Lipinski definition) is 1. The monoisotopic (exact) mass is 256 g/mol. The minimum Gasteiger partial charge on any atom is -0.319 e. The van der Waals surface area contributed by atoms with Gasteiger partial charge in [-0.05, 0) is 7.05 Å². The lowest BCUT2D eigenvalue weighted by molar-refractivity contribution is 0.430. The first-order chi connectivity index (χ1) is 6.87. The molecule has 0 unspecified atom stereocenters. The van der Waals surface area contributed by atoms with E-state index in [0.29, 0.717) is 6.54 Å². The fourth-order valence-electron chi connectivity index (χ4n) is 1.33. The Labute approximate surface area is 90.6 Å². The fraction of sp³-hybridized carbons (Fsp3) is 1.00. The molecule has 1 heterocycles. The van der Waals surface area contributed by atoms with Crippen LogP contribution in [-0.2, 0) is 19.9 Å². The third-order valence-corrected chi connectivity index (χ3v) is 5.79. The maximum absolute atomic E-state index is 11.6. The summed E-state index contributed by atoms with van der Waals surface area (Å²) in [7, 11) is -4.63. The van der Waals surface area contributed by atoms with Gasteiger partial charge >= 0.3 is 0 Å². The lowest BCUT2D eigenvalue weighted by Crippen LogP contribution is -2.45. The number of hydrogen-bond acceptors (Lipinski definition) is 5. The molecule has 90 valence electrons. The molecule has 0 aliphatic carbocycles. The number of nitrogens with one attached hydrogen (secondary N) is 1. The van der Waals surface area contributed by atoms with Gasteiger partial charge in [-0.1, -0.05) is 0 Å². The number of rotatable bonds is 4. The van der Waals surface area contributed by atoms with Crippen LogP contribution < -0.4 is 5.32 Å². The maximum atomic E-state index is 11.6. The van der Waals surface area contributed by atoms with Gasteiger partial charge in [-0.2, -0.15) is 4.31 Å². The number of nitrogens with zero attached hydrogens (tertiary/aromatic N) is 1. The van der Waals surface area contributed by atoms with E-state index in [-0.39, 0.29) is 30.3 Å². The average molecular weight is 256 g/mol. The van der Waals surface area contributed by atoms with Gasteiger partial charge in [0.25, 0.3) is 0 Å². The minimum atomic E-state index is -3.29. The molecule has 0 aromatic heterocycles. The van der Waals surface area contributed by atoms with Gasteiger partial charge in [-0.25, -0.2) is 16.8 Å². The third kappa shape index (κ3) is 3.71. The van der Waals surface area contributed by atoms with Gasteiger partial charge in [0.15, 0.2) is 9.84 Å².